The third-order valence-corrected chi connectivity index (χ3v) is 3.59. The maximum absolute atomic E-state index is 6.19. The van der Waals surface area contributed by atoms with E-state index in [4.69, 9.17) is 16.3 Å². The van der Waals surface area contributed by atoms with Crippen LogP contribution in [0.4, 0.5) is 5.82 Å². The number of hydrogen-bond acceptors (Lipinski definition) is 4. The molecule has 106 valence electrons. The zero-order valence-electron chi connectivity index (χ0n) is 11.7. The molecule has 1 aliphatic rings. The van der Waals surface area contributed by atoms with Gasteiger partial charge in [0.05, 0.1) is 11.6 Å². The first-order valence-corrected chi connectivity index (χ1v) is 7.25. The predicted octanol–water partition coefficient (Wildman–Crippen LogP) is 2.46. The quantitative estimate of drug-likeness (QED) is 0.744. The molecule has 1 fully saturated rings. The molecule has 1 heterocycles. The molecule has 0 atom stereocenters. The number of aromatic nitrogens is 1. The molecule has 0 spiro atoms. The number of hydrogen-bond donors (Lipinski definition) is 1. The molecule has 0 bridgehead atoms. The van der Waals surface area contributed by atoms with Crippen LogP contribution in [0.5, 0.6) is 0 Å². The molecular formula is C14H22ClN3O. The first kappa shape index (κ1) is 14.6. The van der Waals surface area contributed by atoms with Gasteiger partial charge in [0.15, 0.2) is 0 Å². The van der Waals surface area contributed by atoms with Crippen molar-refractivity contribution < 1.29 is 4.74 Å². The highest BCUT2D eigenvalue weighted by atomic mass is 35.5. The maximum atomic E-state index is 6.19. The van der Waals surface area contributed by atoms with Crippen molar-refractivity contribution >= 4 is 17.4 Å². The number of nitrogens with zero attached hydrogens (tertiary/aromatic N) is 2. The molecule has 1 aromatic rings. The summed E-state index contributed by atoms with van der Waals surface area (Å²) in [4.78, 5) is 6.46. The summed E-state index contributed by atoms with van der Waals surface area (Å²) in [6, 6.07) is 2.74. The summed E-state index contributed by atoms with van der Waals surface area (Å²) in [6.07, 6.45) is 4.30. The van der Waals surface area contributed by atoms with Crippen LogP contribution in [0.2, 0.25) is 5.02 Å². The number of nitrogens with one attached hydrogen (secondary N) is 1. The van der Waals surface area contributed by atoms with Crippen molar-refractivity contribution in [1.82, 2.24) is 10.3 Å². The summed E-state index contributed by atoms with van der Waals surface area (Å²) >= 11 is 6.19. The van der Waals surface area contributed by atoms with Gasteiger partial charge in [-0.1, -0.05) is 11.6 Å². The fourth-order valence-corrected chi connectivity index (χ4v) is 1.98. The van der Waals surface area contributed by atoms with Crippen molar-refractivity contribution in [3.05, 3.63) is 22.8 Å². The number of rotatable bonds is 8. The van der Waals surface area contributed by atoms with Crippen LogP contribution in [0.3, 0.4) is 0 Å². The number of likely N-dealkylation sites (N-methyl/N-ethyl adjacent to an activating group) is 1. The van der Waals surface area contributed by atoms with E-state index in [0.717, 1.165) is 36.1 Å². The summed E-state index contributed by atoms with van der Waals surface area (Å²) in [7, 11) is 2.02. The van der Waals surface area contributed by atoms with Gasteiger partial charge in [-0.2, -0.15) is 0 Å². The fourth-order valence-electron chi connectivity index (χ4n) is 1.81. The second-order valence-electron chi connectivity index (χ2n) is 4.91. The lowest BCUT2D eigenvalue weighted by Gasteiger charge is -2.19. The summed E-state index contributed by atoms with van der Waals surface area (Å²) in [6.45, 7) is 5.11. The average molecular weight is 284 g/mol. The van der Waals surface area contributed by atoms with Crippen molar-refractivity contribution in [2.75, 3.05) is 31.7 Å². The molecule has 1 aliphatic carbocycles. The largest absolute Gasteiger partial charge is 0.380 e. The van der Waals surface area contributed by atoms with E-state index in [9.17, 15) is 0 Å². The lowest BCUT2D eigenvalue weighted by molar-refractivity contribution is 0.154. The Morgan fingerprint density at radius 2 is 2.32 bits per heavy atom. The van der Waals surface area contributed by atoms with Crippen LogP contribution >= 0.6 is 11.6 Å². The van der Waals surface area contributed by atoms with Gasteiger partial charge in [-0.25, -0.2) is 4.98 Å². The van der Waals surface area contributed by atoms with E-state index >= 15 is 0 Å². The third-order valence-electron chi connectivity index (χ3n) is 3.25. The normalized spacial score (nSPS) is 14.7. The van der Waals surface area contributed by atoms with E-state index in [1.165, 1.54) is 12.8 Å². The highest BCUT2D eigenvalue weighted by Crippen LogP contribution is 2.23. The minimum absolute atomic E-state index is 0.684. The maximum Gasteiger partial charge on any atom is 0.128 e. The summed E-state index contributed by atoms with van der Waals surface area (Å²) in [5, 5.41) is 4.21. The standard InChI is InChI=1S/C14H22ClN3O/c1-3-19-7-6-18(2)14-8-11(13(15)10-17-14)9-16-12-4-5-12/h8,10,12,16H,3-7,9H2,1-2H3. The topological polar surface area (TPSA) is 37.4 Å². The van der Waals surface area contributed by atoms with E-state index in [0.29, 0.717) is 12.6 Å². The van der Waals surface area contributed by atoms with Crippen LogP contribution in [-0.2, 0) is 11.3 Å². The first-order valence-electron chi connectivity index (χ1n) is 6.87. The molecule has 0 amide bonds. The van der Waals surface area contributed by atoms with Gasteiger partial charge in [0.25, 0.3) is 0 Å². The second-order valence-corrected chi connectivity index (χ2v) is 5.31. The predicted molar refractivity (Wildman–Crippen MR) is 78.9 cm³/mol. The third kappa shape index (κ3) is 4.64. The molecule has 2 rings (SSSR count). The molecule has 0 aliphatic heterocycles. The lowest BCUT2D eigenvalue weighted by Crippen LogP contribution is -2.24. The van der Waals surface area contributed by atoms with E-state index < -0.39 is 0 Å². The number of halogens is 1. The molecular weight excluding hydrogens is 262 g/mol. The van der Waals surface area contributed by atoms with E-state index in [1.54, 1.807) is 6.20 Å². The van der Waals surface area contributed by atoms with Gasteiger partial charge in [-0.3, -0.25) is 0 Å². The van der Waals surface area contributed by atoms with Crippen molar-refractivity contribution in [3.63, 3.8) is 0 Å². The van der Waals surface area contributed by atoms with E-state index in [1.807, 2.05) is 14.0 Å². The molecule has 1 saturated carbocycles. The molecule has 5 heteroatoms. The Labute approximate surface area is 120 Å². The Bertz CT molecular complexity index is 410. The zero-order valence-corrected chi connectivity index (χ0v) is 12.4. The van der Waals surface area contributed by atoms with Gasteiger partial charge < -0.3 is 15.0 Å². The molecule has 0 unspecified atom stereocenters. The van der Waals surface area contributed by atoms with Crippen molar-refractivity contribution in [2.24, 2.45) is 0 Å². The molecule has 1 N–H and O–H groups in total. The van der Waals surface area contributed by atoms with Gasteiger partial charge in [-0.15, -0.1) is 0 Å². The van der Waals surface area contributed by atoms with Crippen molar-refractivity contribution in [3.8, 4) is 0 Å². The number of pyridine rings is 1. The first-order chi connectivity index (χ1) is 9.20. The molecule has 0 aromatic carbocycles. The van der Waals surface area contributed by atoms with Gasteiger partial charge in [0.2, 0.25) is 0 Å². The van der Waals surface area contributed by atoms with Crippen LogP contribution in [0, 0.1) is 0 Å². The average Bonchev–Trinajstić information content (AvgIpc) is 3.22. The SMILES string of the molecule is CCOCCN(C)c1cc(CNC2CC2)c(Cl)cn1. The van der Waals surface area contributed by atoms with Crippen LogP contribution in [0.15, 0.2) is 12.3 Å². The number of anilines is 1. The summed E-state index contributed by atoms with van der Waals surface area (Å²) < 4.78 is 5.36. The zero-order chi connectivity index (χ0) is 13.7. The van der Waals surface area contributed by atoms with Crippen LogP contribution < -0.4 is 10.2 Å². The van der Waals surface area contributed by atoms with Crippen molar-refractivity contribution in [2.45, 2.75) is 32.4 Å². The summed E-state index contributed by atoms with van der Waals surface area (Å²) in [5.74, 6) is 0.941. The summed E-state index contributed by atoms with van der Waals surface area (Å²) in [5.41, 5.74) is 1.11. The molecule has 4 nitrogen and oxygen atoms in total. The highest BCUT2D eigenvalue weighted by Gasteiger charge is 2.20. The Morgan fingerprint density at radius 3 is 3.00 bits per heavy atom. The molecule has 1 aromatic heterocycles. The van der Waals surface area contributed by atoms with Gasteiger partial charge in [0.1, 0.15) is 5.82 Å². The van der Waals surface area contributed by atoms with Gasteiger partial charge in [0, 0.05) is 39.0 Å². The second kappa shape index (κ2) is 7.08. The van der Waals surface area contributed by atoms with E-state index in [-0.39, 0.29) is 0 Å². The Hall–Kier alpha value is -0.840. The monoisotopic (exact) mass is 283 g/mol. The Kier molecular flexibility index (Phi) is 5.43. The van der Waals surface area contributed by atoms with Gasteiger partial charge >= 0.3 is 0 Å². The Balaban J connectivity index is 1.93. The van der Waals surface area contributed by atoms with Crippen LogP contribution in [-0.4, -0.2) is 37.8 Å². The lowest BCUT2D eigenvalue weighted by atomic mass is 10.2. The van der Waals surface area contributed by atoms with Crippen LogP contribution in [0.1, 0.15) is 25.3 Å². The minimum atomic E-state index is 0.684. The smallest absolute Gasteiger partial charge is 0.128 e. The van der Waals surface area contributed by atoms with Crippen LogP contribution in [0.25, 0.3) is 0 Å². The molecule has 0 radical (unpaired) electrons. The fraction of sp³-hybridized carbons (Fsp3) is 0.643. The molecule has 0 saturated heterocycles. The Morgan fingerprint density at radius 1 is 1.53 bits per heavy atom. The van der Waals surface area contributed by atoms with E-state index in [2.05, 4.69) is 21.3 Å². The minimum Gasteiger partial charge on any atom is -0.380 e. The highest BCUT2D eigenvalue weighted by molar-refractivity contribution is 6.31. The van der Waals surface area contributed by atoms with Gasteiger partial charge in [-0.05, 0) is 31.4 Å². The van der Waals surface area contributed by atoms with Crippen molar-refractivity contribution in [1.29, 1.82) is 0 Å². The number of ether oxygens (including phenoxy) is 1. The molecule has 19 heavy (non-hydrogen) atoms.